The van der Waals surface area contributed by atoms with E-state index in [2.05, 4.69) is 16.0 Å². The number of rotatable bonds is 8. The van der Waals surface area contributed by atoms with Crippen molar-refractivity contribution in [1.29, 1.82) is 0 Å². The quantitative estimate of drug-likeness (QED) is 0.315. The van der Waals surface area contributed by atoms with Crippen molar-refractivity contribution >= 4 is 40.2 Å². The Hall–Kier alpha value is -4.44. The number of imide groups is 1. The van der Waals surface area contributed by atoms with Crippen LogP contribution in [0.3, 0.4) is 0 Å². The monoisotopic (exact) mass is 505 g/mol. The Labute approximate surface area is 210 Å². The molecule has 9 nitrogen and oxygen atoms in total. The third-order valence-corrected chi connectivity index (χ3v) is 6.09. The minimum atomic E-state index is -0.629. The molecule has 3 N–H and O–H groups in total. The van der Waals surface area contributed by atoms with Gasteiger partial charge < -0.3 is 19.8 Å². The van der Waals surface area contributed by atoms with Crippen molar-refractivity contribution < 1.29 is 23.5 Å². The van der Waals surface area contributed by atoms with Gasteiger partial charge >= 0.3 is 11.7 Å². The van der Waals surface area contributed by atoms with Crippen molar-refractivity contribution in [2.75, 3.05) is 6.54 Å². The van der Waals surface area contributed by atoms with Gasteiger partial charge in [0, 0.05) is 28.0 Å². The number of benzene rings is 2. The SMILES string of the molecule is Cc1cc(=O)oc2cc(OCc3ccc(C(=O)NCC(=O)NC(=O)NCc4cccs4)cc3)ccc12. The van der Waals surface area contributed by atoms with Gasteiger partial charge in [0.25, 0.3) is 5.91 Å². The fourth-order valence-corrected chi connectivity index (χ4v) is 4.02. The number of amides is 4. The van der Waals surface area contributed by atoms with Crippen LogP contribution in [0.15, 0.2) is 75.3 Å². The van der Waals surface area contributed by atoms with Crippen LogP contribution in [0.4, 0.5) is 4.79 Å². The molecular formula is C26H23N3O6S. The Balaban J connectivity index is 1.23. The Bertz CT molecular complexity index is 1450. The number of aryl methyl sites for hydroxylation is 1. The maximum Gasteiger partial charge on any atom is 0.336 e. The number of hydrogen-bond donors (Lipinski definition) is 3. The maximum atomic E-state index is 12.3. The van der Waals surface area contributed by atoms with Gasteiger partial charge in [-0.1, -0.05) is 18.2 Å². The second-order valence-electron chi connectivity index (χ2n) is 7.88. The summed E-state index contributed by atoms with van der Waals surface area (Å²) >= 11 is 1.49. The van der Waals surface area contributed by atoms with Gasteiger partial charge in [0.15, 0.2) is 0 Å². The first-order chi connectivity index (χ1) is 17.4. The average molecular weight is 506 g/mol. The minimum absolute atomic E-state index is 0.243. The van der Waals surface area contributed by atoms with E-state index >= 15 is 0 Å². The van der Waals surface area contributed by atoms with Crippen LogP contribution < -0.4 is 26.3 Å². The molecule has 0 fully saturated rings. The van der Waals surface area contributed by atoms with Crippen LogP contribution in [0.2, 0.25) is 0 Å². The second-order valence-corrected chi connectivity index (χ2v) is 8.92. The van der Waals surface area contributed by atoms with E-state index in [1.807, 2.05) is 30.5 Å². The largest absolute Gasteiger partial charge is 0.489 e. The van der Waals surface area contributed by atoms with Gasteiger partial charge in [0.2, 0.25) is 5.91 Å². The normalized spacial score (nSPS) is 10.6. The fraction of sp³-hybridized carbons (Fsp3) is 0.154. The molecule has 36 heavy (non-hydrogen) atoms. The summed E-state index contributed by atoms with van der Waals surface area (Å²) in [5, 5.41) is 9.95. The van der Waals surface area contributed by atoms with Gasteiger partial charge in [-0.15, -0.1) is 11.3 Å². The summed E-state index contributed by atoms with van der Waals surface area (Å²) in [6.45, 7) is 2.06. The zero-order valence-corrected chi connectivity index (χ0v) is 20.1. The number of urea groups is 1. The summed E-state index contributed by atoms with van der Waals surface area (Å²) in [5.74, 6) is -0.529. The number of carbonyl (C=O) groups excluding carboxylic acids is 3. The molecule has 0 saturated carbocycles. The van der Waals surface area contributed by atoms with Crippen LogP contribution in [0, 0.1) is 6.92 Å². The number of thiophene rings is 1. The van der Waals surface area contributed by atoms with Crippen LogP contribution in [0.25, 0.3) is 11.0 Å². The van der Waals surface area contributed by atoms with Crippen molar-refractivity contribution in [2.45, 2.75) is 20.1 Å². The first-order valence-electron chi connectivity index (χ1n) is 11.0. The molecular weight excluding hydrogens is 482 g/mol. The highest BCUT2D eigenvalue weighted by Crippen LogP contribution is 2.23. The molecule has 10 heteroatoms. The van der Waals surface area contributed by atoms with E-state index in [1.165, 1.54) is 17.4 Å². The molecule has 2 aromatic heterocycles. The van der Waals surface area contributed by atoms with Crippen molar-refractivity contribution in [3.8, 4) is 5.75 Å². The van der Waals surface area contributed by atoms with Gasteiger partial charge in [-0.3, -0.25) is 14.9 Å². The molecule has 0 bridgehead atoms. The number of hydrogen-bond acceptors (Lipinski definition) is 7. The third kappa shape index (κ3) is 6.57. The number of fused-ring (bicyclic) bond motifs is 1. The topological polar surface area (TPSA) is 127 Å². The molecule has 4 amide bonds. The highest BCUT2D eigenvalue weighted by molar-refractivity contribution is 7.09. The van der Waals surface area contributed by atoms with E-state index in [9.17, 15) is 19.2 Å². The van der Waals surface area contributed by atoms with Crippen molar-refractivity contribution in [1.82, 2.24) is 16.0 Å². The van der Waals surface area contributed by atoms with E-state index in [4.69, 9.17) is 9.15 Å². The van der Waals surface area contributed by atoms with Crippen LogP contribution in [-0.2, 0) is 17.9 Å². The zero-order valence-electron chi connectivity index (χ0n) is 19.3. The molecule has 0 aliphatic heterocycles. The summed E-state index contributed by atoms with van der Waals surface area (Å²) in [6.07, 6.45) is 0. The van der Waals surface area contributed by atoms with Crippen molar-refractivity contribution in [2.24, 2.45) is 0 Å². The minimum Gasteiger partial charge on any atom is -0.489 e. The van der Waals surface area contributed by atoms with Crippen LogP contribution in [-0.4, -0.2) is 24.4 Å². The van der Waals surface area contributed by atoms with Gasteiger partial charge in [-0.25, -0.2) is 9.59 Å². The molecule has 0 radical (unpaired) electrons. The molecule has 4 aromatic rings. The lowest BCUT2D eigenvalue weighted by atomic mass is 10.1. The summed E-state index contributed by atoms with van der Waals surface area (Å²) in [7, 11) is 0. The summed E-state index contributed by atoms with van der Waals surface area (Å²) in [4.78, 5) is 48.6. The van der Waals surface area contributed by atoms with Crippen molar-refractivity contribution in [3.63, 3.8) is 0 Å². The van der Waals surface area contributed by atoms with Gasteiger partial charge in [0.1, 0.15) is 17.9 Å². The average Bonchev–Trinajstić information content (AvgIpc) is 3.38. The zero-order chi connectivity index (χ0) is 25.5. The fourth-order valence-electron chi connectivity index (χ4n) is 3.37. The molecule has 0 spiro atoms. The maximum absolute atomic E-state index is 12.3. The summed E-state index contributed by atoms with van der Waals surface area (Å²) < 4.78 is 11.0. The first-order valence-corrected chi connectivity index (χ1v) is 11.9. The second kappa shape index (κ2) is 11.3. The molecule has 2 aromatic carbocycles. The Morgan fingerprint density at radius 2 is 1.81 bits per heavy atom. The first kappa shape index (κ1) is 24.7. The number of carbonyl (C=O) groups is 3. The van der Waals surface area contributed by atoms with Crippen LogP contribution in [0.5, 0.6) is 5.75 Å². The number of nitrogens with one attached hydrogen (secondary N) is 3. The Morgan fingerprint density at radius 1 is 1.00 bits per heavy atom. The van der Waals surface area contributed by atoms with E-state index in [0.29, 0.717) is 23.4 Å². The number of ether oxygens (including phenoxy) is 1. The van der Waals surface area contributed by atoms with Crippen molar-refractivity contribution in [3.05, 3.63) is 98.0 Å². The van der Waals surface area contributed by atoms with E-state index in [-0.39, 0.29) is 13.2 Å². The molecule has 0 saturated heterocycles. The lowest BCUT2D eigenvalue weighted by molar-refractivity contribution is -0.119. The van der Waals surface area contributed by atoms with E-state index in [0.717, 1.165) is 21.4 Å². The molecule has 2 heterocycles. The van der Waals surface area contributed by atoms with E-state index in [1.54, 1.807) is 36.4 Å². The van der Waals surface area contributed by atoms with Crippen LogP contribution in [0.1, 0.15) is 26.4 Å². The Morgan fingerprint density at radius 3 is 2.56 bits per heavy atom. The summed E-state index contributed by atoms with van der Waals surface area (Å²) in [5.41, 5.74) is 2.04. The molecule has 184 valence electrons. The third-order valence-electron chi connectivity index (χ3n) is 5.21. The molecule has 0 aliphatic rings. The smallest absolute Gasteiger partial charge is 0.336 e. The highest BCUT2D eigenvalue weighted by Gasteiger charge is 2.11. The van der Waals surface area contributed by atoms with Gasteiger partial charge in [-0.05, 0) is 53.8 Å². The van der Waals surface area contributed by atoms with Gasteiger partial charge in [0.05, 0.1) is 13.1 Å². The predicted octanol–water partition coefficient (Wildman–Crippen LogP) is 3.50. The molecule has 0 unspecified atom stereocenters. The standard InChI is InChI=1S/C26H23N3O6S/c1-16-11-24(31)35-22-12-19(8-9-21(16)22)34-15-17-4-6-18(7-5-17)25(32)27-14-23(30)29-26(33)28-13-20-3-2-10-36-20/h2-12H,13-15H2,1H3,(H,27,32)(H2,28,29,30,33). The van der Waals surface area contributed by atoms with E-state index < -0.39 is 23.5 Å². The predicted molar refractivity (Wildman–Crippen MR) is 135 cm³/mol. The Kier molecular flexibility index (Phi) is 7.76. The molecule has 0 aliphatic carbocycles. The highest BCUT2D eigenvalue weighted by atomic mass is 32.1. The van der Waals surface area contributed by atoms with Gasteiger partial charge in [-0.2, -0.15) is 0 Å². The molecule has 0 atom stereocenters. The van der Waals surface area contributed by atoms with Crippen LogP contribution >= 0.6 is 11.3 Å². The summed E-state index contributed by atoms with van der Waals surface area (Å²) in [6, 6.07) is 16.5. The molecule has 4 rings (SSSR count). The lowest BCUT2D eigenvalue weighted by Gasteiger charge is -2.09. The lowest BCUT2D eigenvalue weighted by Crippen LogP contribution is -2.44.